The summed E-state index contributed by atoms with van der Waals surface area (Å²) in [7, 11) is 0. The molecule has 2 N–H and O–H groups in total. The number of nitrogens with one attached hydrogen (secondary N) is 1. The van der Waals surface area contributed by atoms with Crippen LogP contribution in [0.2, 0.25) is 0 Å². The van der Waals surface area contributed by atoms with E-state index in [0.717, 1.165) is 27.5 Å². The van der Waals surface area contributed by atoms with E-state index >= 15 is 0 Å². The van der Waals surface area contributed by atoms with Gasteiger partial charge in [0.15, 0.2) is 0 Å². The monoisotopic (exact) mass is 446 g/mol. The fourth-order valence-electron chi connectivity index (χ4n) is 3.35. The largest absolute Gasteiger partial charge is 0.506 e. The summed E-state index contributed by atoms with van der Waals surface area (Å²) in [6, 6.07) is 12.8. The lowest BCUT2D eigenvalue weighted by Crippen LogP contribution is -2.31. The molecular weight excluding hydrogens is 431 g/mol. The Morgan fingerprint density at radius 2 is 1.92 bits per heavy atom. The Kier molecular flexibility index (Phi) is 3.99. The second kappa shape index (κ2) is 6.18. The SMILES string of the molecule is O=C(Nc1ccc(I)cc1)c1c(O)c2cccc3c2n(c1=O)CCC3. The maximum atomic E-state index is 12.8. The summed E-state index contributed by atoms with van der Waals surface area (Å²) in [5, 5.41) is 13.9. The fraction of sp³-hybridized carbons (Fsp3) is 0.158. The maximum absolute atomic E-state index is 12.8. The molecule has 1 aliphatic rings. The summed E-state index contributed by atoms with van der Waals surface area (Å²) in [6.07, 6.45) is 1.71. The Morgan fingerprint density at radius 1 is 1.16 bits per heavy atom. The molecule has 1 aromatic heterocycles. The molecule has 0 radical (unpaired) electrons. The normalized spacial score (nSPS) is 13.0. The number of rotatable bonds is 2. The number of aromatic hydroxyl groups is 1. The Balaban J connectivity index is 1.86. The number of anilines is 1. The molecule has 2 heterocycles. The van der Waals surface area contributed by atoms with E-state index in [1.165, 1.54) is 0 Å². The predicted octanol–water partition coefficient (Wildman–Crippen LogP) is 3.51. The first-order chi connectivity index (χ1) is 12.1. The molecule has 0 atom stereocenters. The van der Waals surface area contributed by atoms with Crippen molar-refractivity contribution in [3.05, 3.63) is 67.5 Å². The second-order valence-electron chi connectivity index (χ2n) is 6.06. The third-order valence-corrected chi connectivity index (χ3v) is 5.22. The summed E-state index contributed by atoms with van der Waals surface area (Å²) in [5.41, 5.74) is 1.70. The van der Waals surface area contributed by atoms with Gasteiger partial charge in [-0.15, -0.1) is 0 Å². The number of nitrogens with zero attached hydrogens (tertiary/aromatic N) is 1. The van der Waals surface area contributed by atoms with Crippen LogP contribution < -0.4 is 10.9 Å². The summed E-state index contributed by atoms with van der Waals surface area (Å²) < 4.78 is 2.65. The molecule has 6 heteroatoms. The lowest BCUT2D eigenvalue weighted by Gasteiger charge is -2.21. The Labute approximate surface area is 157 Å². The van der Waals surface area contributed by atoms with Crippen LogP contribution in [0.25, 0.3) is 10.9 Å². The van der Waals surface area contributed by atoms with Gasteiger partial charge < -0.3 is 15.0 Å². The third kappa shape index (κ3) is 2.70. The van der Waals surface area contributed by atoms with Crippen molar-refractivity contribution in [3.63, 3.8) is 0 Å². The highest BCUT2D eigenvalue weighted by Gasteiger charge is 2.25. The molecule has 0 bridgehead atoms. The molecule has 1 amide bonds. The highest BCUT2D eigenvalue weighted by Crippen LogP contribution is 2.31. The standard InChI is InChI=1S/C19H15IN2O3/c20-12-6-8-13(9-7-12)21-18(24)15-17(23)14-5-1-3-11-4-2-10-22(16(11)14)19(15)25/h1,3,5-9,23H,2,4,10H2,(H,21,24). The first kappa shape index (κ1) is 16.1. The van der Waals surface area contributed by atoms with Crippen molar-refractivity contribution in [2.24, 2.45) is 0 Å². The van der Waals surface area contributed by atoms with Crippen LogP contribution in [0.4, 0.5) is 5.69 Å². The second-order valence-corrected chi connectivity index (χ2v) is 7.30. The Morgan fingerprint density at radius 3 is 2.68 bits per heavy atom. The van der Waals surface area contributed by atoms with Gasteiger partial charge in [0.25, 0.3) is 11.5 Å². The molecule has 25 heavy (non-hydrogen) atoms. The van der Waals surface area contributed by atoms with Gasteiger partial charge in [-0.05, 0) is 71.3 Å². The molecule has 0 spiro atoms. The molecule has 0 saturated heterocycles. The average Bonchev–Trinajstić information content (AvgIpc) is 2.61. The molecule has 0 fully saturated rings. The van der Waals surface area contributed by atoms with E-state index < -0.39 is 11.5 Å². The number of para-hydroxylation sites is 1. The van der Waals surface area contributed by atoms with Gasteiger partial charge in [0, 0.05) is 21.2 Å². The summed E-state index contributed by atoms with van der Waals surface area (Å²) in [6.45, 7) is 0.552. The molecule has 126 valence electrons. The smallest absolute Gasteiger partial charge is 0.267 e. The van der Waals surface area contributed by atoms with Crippen LogP contribution in [0.5, 0.6) is 5.75 Å². The molecule has 2 aromatic carbocycles. The summed E-state index contributed by atoms with van der Waals surface area (Å²) in [5.74, 6) is -0.839. The van der Waals surface area contributed by atoms with Crippen LogP contribution in [0.3, 0.4) is 0 Å². The number of hydrogen-bond acceptors (Lipinski definition) is 3. The van der Waals surface area contributed by atoms with Crippen LogP contribution in [0.15, 0.2) is 47.3 Å². The summed E-state index contributed by atoms with van der Waals surface area (Å²) >= 11 is 2.17. The topological polar surface area (TPSA) is 71.3 Å². The van der Waals surface area contributed by atoms with E-state index in [1.54, 1.807) is 22.8 Å². The molecule has 4 rings (SSSR count). The lowest BCUT2D eigenvalue weighted by molar-refractivity contribution is 0.102. The highest BCUT2D eigenvalue weighted by atomic mass is 127. The van der Waals surface area contributed by atoms with Crippen molar-refractivity contribution in [1.82, 2.24) is 4.57 Å². The first-order valence-corrected chi connectivity index (χ1v) is 9.08. The van der Waals surface area contributed by atoms with Gasteiger partial charge in [-0.25, -0.2) is 0 Å². The fourth-order valence-corrected chi connectivity index (χ4v) is 3.71. The van der Waals surface area contributed by atoms with Crippen LogP contribution >= 0.6 is 22.6 Å². The van der Waals surface area contributed by atoms with Crippen molar-refractivity contribution >= 4 is 45.1 Å². The number of benzene rings is 2. The van der Waals surface area contributed by atoms with Gasteiger partial charge in [0.05, 0.1) is 5.52 Å². The molecule has 1 aliphatic heterocycles. The first-order valence-electron chi connectivity index (χ1n) is 8.00. The predicted molar refractivity (Wildman–Crippen MR) is 105 cm³/mol. The van der Waals surface area contributed by atoms with Gasteiger partial charge in [-0.1, -0.05) is 12.1 Å². The van der Waals surface area contributed by atoms with Crippen molar-refractivity contribution in [2.45, 2.75) is 19.4 Å². The van der Waals surface area contributed by atoms with E-state index in [4.69, 9.17) is 0 Å². The zero-order valence-corrected chi connectivity index (χ0v) is 15.4. The zero-order valence-electron chi connectivity index (χ0n) is 13.3. The van der Waals surface area contributed by atoms with Gasteiger partial charge >= 0.3 is 0 Å². The minimum atomic E-state index is -0.592. The van der Waals surface area contributed by atoms with Crippen molar-refractivity contribution in [1.29, 1.82) is 0 Å². The number of halogens is 1. The van der Waals surface area contributed by atoms with E-state index in [0.29, 0.717) is 17.6 Å². The molecule has 0 unspecified atom stereocenters. The Bertz CT molecular complexity index is 1050. The average molecular weight is 446 g/mol. The minimum Gasteiger partial charge on any atom is -0.506 e. The molecule has 3 aromatic rings. The van der Waals surface area contributed by atoms with Crippen molar-refractivity contribution in [3.8, 4) is 5.75 Å². The van der Waals surface area contributed by atoms with Gasteiger partial charge in [-0.2, -0.15) is 0 Å². The molecular formula is C19H15IN2O3. The van der Waals surface area contributed by atoms with Gasteiger partial charge in [-0.3, -0.25) is 9.59 Å². The van der Waals surface area contributed by atoms with E-state index in [2.05, 4.69) is 27.9 Å². The zero-order chi connectivity index (χ0) is 17.6. The van der Waals surface area contributed by atoms with E-state index in [1.807, 2.05) is 24.3 Å². The van der Waals surface area contributed by atoms with Gasteiger partial charge in [0.1, 0.15) is 11.3 Å². The molecule has 5 nitrogen and oxygen atoms in total. The van der Waals surface area contributed by atoms with Crippen molar-refractivity contribution in [2.75, 3.05) is 5.32 Å². The Hall–Kier alpha value is -2.35. The summed E-state index contributed by atoms with van der Waals surface area (Å²) in [4.78, 5) is 25.5. The molecule has 0 aliphatic carbocycles. The minimum absolute atomic E-state index is 0.204. The number of carbonyl (C=O) groups is 1. The number of amides is 1. The third-order valence-electron chi connectivity index (χ3n) is 4.50. The van der Waals surface area contributed by atoms with Crippen LogP contribution in [0, 0.1) is 3.57 Å². The maximum Gasteiger partial charge on any atom is 0.267 e. The van der Waals surface area contributed by atoms with E-state index in [-0.39, 0.29) is 11.3 Å². The number of pyridine rings is 1. The van der Waals surface area contributed by atoms with Crippen LogP contribution in [0.1, 0.15) is 22.3 Å². The number of aryl methyl sites for hydroxylation is 2. The quantitative estimate of drug-likeness (QED) is 0.592. The number of aromatic nitrogens is 1. The van der Waals surface area contributed by atoms with Crippen LogP contribution in [-0.4, -0.2) is 15.6 Å². The van der Waals surface area contributed by atoms with E-state index in [9.17, 15) is 14.7 Å². The highest BCUT2D eigenvalue weighted by molar-refractivity contribution is 14.1. The van der Waals surface area contributed by atoms with Gasteiger partial charge in [0.2, 0.25) is 0 Å². The lowest BCUT2D eigenvalue weighted by atomic mass is 9.99. The number of hydrogen-bond donors (Lipinski definition) is 2. The number of carbonyl (C=O) groups excluding carboxylic acids is 1. The molecule has 0 saturated carbocycles. The van der Waals surface area contributed by atoms with Crippen LogP contribution in [-0.2, 0) is 13.0 Å². The van der Waals surface area contributed by atoms with Crippen molar-refractivity contribution < 1.29 is 9.90 Å².